The standard InChI is InChI=1S/C13H19N3O5/c1-15(7-8-21-2)6-5-14-12-9-10(16(19)20)3-4-11(12)13(17)18/h3-4,9,14H,5-8H2,1-2H3,(H,17,18). The number of hydrogen-bond acceptors (Lipinski definition) is 6. The smallest absolute Gasteiger partial charge is 0.337 e. The van der Waals surface area contributed by atoms with Crippen molar-refractivity contribution in [3.05, 3.63) is 33.9 Å². The number of ether oxygens (including phenoxy) is 1. The molecule has 8 heteroatoms. The zero-order valence-electron chi connectivity index (χ0n) is 12.0. The quantitative estimate of drug-likeness (QED) is 0.522. The molecule has 1 aromatic rings. The number of anilines is 1. The Hall–Kier alpha value is -2.19. The van der Waals surface area contributed by atoms with Gasteiger partial charge in [0.15, 0.2) is 0 Å². The molecule has 0 bridgehead atoms. The first-order chi connectivity index (χ1) is 9.95. The summed E-state index contributed by atoms with van der Waals surface area (Å²) >= 11 is 0. The summed E-state index contributed by atoms with van der Waals surface area (Å²) in [5, 5.41) is 22.8. The number of aromatic carboxylic acids is 1. The molecule has 0 aliphatic carbocycles. The fourth-order valence-electron chi connectivity index (χ4n) is 1.72. The first kappa shape index (κ1) is 16.9. The minimum absolute atomic E-state index is 0.0140. The molecule has 0 aliphatic heterocycles. The van der Waals surface area contributed by atoms with Gasteiger partial charge in [0.25, 0.3) is 5.69 Å². The molecule has 0 saturated carbocycles. The number of nitro groups is 1. The van der Waals surface area contributed by atoms with Crippen LogP contribution in [0, 0.1) is 10.1 Å². The number of carbonyl (C=O) groups is 1. The number of carboxylic acid groups (broad SMARTS) is 1. The van der Waals surface area contributed by atoms with Crippen molar-refractivity contribution in [3.63, 3.8) is 0 Å². The second-order valence-electron chi connectivity index (χ2n) is 4.52. The molecular weight excluding hydrogens is 278 g/mol. The number of nitro benzene ring substituents is 1. The van der Waals surface area contributed by atoms with E-state index in [4.69, 9.17) is 9.84 Å². The van der Waals surface area contributed by atoms with Gasteiger partial charge in [-0.2, -0.15) is 0 Å². The Morgan fingerprint density at radius 1 is 1.48 bits per heavy atom. The van der Waals surface area contributed by atoms with E-state index >= 15 is 0 Å². The fraction of sp³-hybridized carbons (Fsp3) is 0.462. The molecule has 0 amide bonds. The van der Waals surface area contributed by atoms with Crippen molar-refractivity contribution in [1.29, 1.82) is 0 Å². The molecule has 0 heterocycles. The third kappa shape index (κ3) is 5.36. The van der Waals surface area contributed by atoms with Gasteiger partial charge in [0.2, 0.25) is 0 Å². The molecule has 1 rings (SSSR count). The number of likely N-dealkylation sites (N-methyl/N-ethyl adjacent to an activating group) is 1. The van der Waals surface area contributed by atoms with Crippen LogP contribution in [0.5, 0.6) is 0 Å². The SMILES string of the molecule is COCCN(C)CCNc1cc([N+](=O)[O-])ccc1C(=O)O. The molecule has 21 heavy (non-hydrogen) atoms. The van der Waals surface area contributed by atoms with E-state index in [1.165, 1.54) is 18.2 Å². The third-order valence-electron chi connectivity index (χ3n) is 2.93. The number of benzene rings is 1. The van der Waals surface area contributed by atoms with Gasteiger partial charge in [-0.05, 0) is 13.1 Å². The van der Waals surface area contributed by atoms with Crippen LogP contribution in [0.1, 0.15) is 10.4 Å². The van der Waals surface area contributed by atoms with Gasteiger partial charge < -0.3 is 20.1 Å². The summed E-state index contributed by atoms with van der Waals surface area (Å²) in [4.78, 5) is 23.3. The van der Waals surface area contributed by atoms with Crippen molar-refractivity contribution in [3.8, 4) is 0 Å². The number of carboxylic acids is 1. The van der Waals surface area contributed by atoms with E-state index in [0.717, 1.165) is 6.54 Å². The molecule has 0 saturated heterocycles. The van der Waals surface area contributed by atoms with Crippen LogP contribution in [0.25, 0.3) is 0 Å². The molecule has 0 aromatic heterocycles. The molecule has 0 unspecified atom stereocenters. The number of methoxy groups -OCH3 is 1. The highest BCUT2D eigenvalue weighted by Crippen LogP contribution is 2.22. The van der Waals surface area contributed by atoms with Crippen LogP contribution < -0.4 is 5.32 Å². The van der Waals surface area contributed by atoms with E-state index in [9.17, 15) is 14.9 Å². The van der Waals surface area contributed by atoms with E-state index in [1.54, 1.807) is 7.11 Å². The van der Waals surface area contributed by atoms with Gasteiger partial charge in [-0.15, -0.1) is 0 Å². The van der Waals surface area contributed by atoms with Crippen LogP contribution in [0.3, 0.4) is 0 Å². The average Bonchev–Trinajstić information content (AvgIpc) is 2.44. The van der Waals surface area contributed by atoms with Gasteiger partial charge in [-0.3, -0.25) is 10.1 Å². The monoisotopic (exact) mass is 297 g/mol. The molecule has 0 atom stereocenters. The summed E-state index contributed by atoms with van der Waals surface area (Å²) in [6, 6.07) is 3.65. The Balaban J connectivity index is 2.69. The normalized spacial score (nSPS) is 10.6. The first-order valence-electron chi connectivity index (χ1n) is 6.38. The number of non-ortho nitro benzene ring substituents is 1. The molecule has 0 aliphatic rings. The third-order valence-corrected chi connectivity index (χ3v) is 2.93. The van der Waals surface area contributed by atoms with E-state index in [-0.39, 0.29) is 16.9 Å². The zero-order valence-corrected chi connectivity index (χ0v) is 12.0. The highest BCUT2D eigenvalue weighted by atomic mass is 16.6. The lowest BCUT2D eigenvalue weighted by Crippen LogP contribution is -2.28. The topological polar surface area (TPSA) is 105 Å². The van der Waals surface area contributed by atoms with Crippen LogP contribution in [-0.4, -0.2) is 61.3 Å². The molecule has 8 nitrogen and oxygen atoms in total. The van der Waals surface area contributed by atoms with E-state index in [1.807, 2.05) is 11.9 Å². The molecule has 116 valence electrons. The fourth-order valence-corrected chi connectivity index (χ4v) is 1.72. The molecule has 0 radical (unpaired) electrons. The van der Waals surface area contributed by atoms with E-state index in [2.05, 4.69) is 5.32 Å². The summed E-state index contributed by atoms with van der Waals surface area (Å²) in [6.45, 7) is 2.49. The van der Waals surface area contributed by atoms with Gasteiger partial charge in [0.05, 0.1) is 22.8 Å². The largest absolute Gasteiger partial charge is 0.478 e. The summed E-state index contributed by atoms with van der Waals surface area (Å²) in [6.07, 6.45) is 0. The van der Waals surface area contributed by atoms with Crippen LogP contribution in [0.15, 0.2) is 18.2 Å². The summed E-state index contributed by atoms with van der Waals surface area (Å²) in [5.74, 6) is -1.12. The van der Waals surface area contributed by atoms with Crippen LogP contribution >= 0.6 is 0 Å². The number of rotatable bonds is 9. The Morgan fingerprint density at radius 2 is 2.19 bits per heavy atom. The lowest BCUT2D eigenvalue weighted by Gasteiger charge is -2.17. The zero-order chi connectivity index (χ0) is 15.8. The number of nitrogens with zero attached hydrogens (tertiary/aromatic N) is 2. The van der Waals surface area contributed by atoms with Crippen molar-refractivity contribution < 1.29 is 19.6 Å². The van der Waals surface area contributed by atoms with Gasteiger partial charge in [0, 0.05) is 38.9 Å². The summed E-state index contributed by atoms with van der Waals surface area (Å²) < 4.78 is 4.95. The predicted molar refractivity (Wildman–Crippen MR) is 77.9 cm³/mol. The lowest BCUT2D eigenvalue weighted by molar-refractivity contribution is -0.384. The van der Waals surface area contributed by atoms with Crippen LogP contribution in [0.2, 0.25) is 0 Å². The lowest BCUT2D eigenvalue weighted by atomic mass is 10.1. The molecule has 1 aromatic carbocycles. The maximum atomic E-state index is 11.1. The minimum atomic E-state index is -1.12. The van der Waals surface area contributed by atoms with Crippen LogP contribution in [0.4, 0.5) is 11.4 Å². The second kappa shape index (κ2) is 8.18. The van der Waals surface area contributed by atoms with Crippen molar-refractivity contribution in [2.24, 2.45) is 0 Å². The molecule has 2 N–H and O–H groups in total. The maximum absolute atomic E-state index is 11.1. The first-order valence-corrected chi connectivity index (χ1v) is 6.38. The number of hydrogen-bond donors (Lipinski definition) is 2. The van der Waals surface area contributed by atoms with Gasteiger partial charge in [0.1, 0.15) is 0 Å². The predicted octanol–water partition coefficient (Wildman–Crippen LogP) is 1.28. The Bertz CT molecular complexity index is 507. The van der Waals surface area contributed by atoms with Crippen molar-refractivity contribution in [2.45, 2.75) is 0 Å². The molecule has 0 spiro atoms. The Labute approximate surface area is 122 Å². The van der Waals surface area contributed by atoms with Crippen LogP contribution in [-0.2, 0) is 4.74 Å². The van der Waals surface area contributed by atoms with Gasteiger partial charge in [-0.25, -0.2) is 4.79 Å². The van der Waals surface area contributed by atoms with Gasteiger partial charge >= 0.3 is 5.97 Å². The minimum Gasteiger partial charge on any atom is -0.478 e. The maximum Gasteiger partial charge on any atom is 0.337 e. The second-order valence-corrected chi connectivity index (χ2v) is 4.52. The van der Waals surface area contributed by atoms with Crippen molar-refractivity contribution >= 4 is 17.3 Å². The number of nitrogens with one attached hydrogen (secondary N) is 1. The van der Waals surface area contributed by atoms with Gasteiger partial charge in [-0.1, -0.05) is 0 Å². The Kier molecular flexibility index (Phi) is 6.57. The van der Waals surface area contributed by atoms with E-state index < -0.39 is 10.9 Å². The average molecular weight is 297 g/mol. The highest BCUT2D eigenvalue weighted by molar-refractivity contribution is 5.94. The molecular formula is C13H19N3O5. The highest BCUT2D eigenvalue weighted by Gasteiger charge is 2.15. The van der Waals surface area contributed by atoms with Crippen molar-refractivity contribution in [2.75, 3.05) is 45.7 Å². The van der Waals surface area contributed by atoms with E-state index in [0.29, 0.717) is 19.7 Å². The Morgan fingerprint density at radius 3 is 2.76 bits per heavy atom. The summed E-state index contributed by atoms with van der Waals surface area (Å²) in [7, 11) is 3.53. The van der Waals surface area contributed by atoms with Crippen molar-refractivity contribution in [1.82, 2.24) is 4.90 Å². The summed E-state index contributed by atoms with van der Waals surface area (Å²) in [5.41, 5.74) is 0.118. The molecule has 0 fully saturated rings.